The van der Waals surface area contributed by atoms with Crippen molar-refractivity contribution >= 4 is 23.2 Å². The summed E-state index contributed by atoms with van der Waals surface area (Å²) in [7, 11) is 0. The highest BCUT2D eigenvalue weighted by Gasteiger charge is 2.27. The summed E-state index contributed by atoms with van der Waals surface area (Å²) < 4.78 is 8.55. The molecule has 1 fully saturated rings. The van der Waals surface area contributed by atoms with E-state index in [9.17, 15) is 4.79 Å². The molecule has 0 saturated heterocycles. The molecule has 1 saturated carbocycles. The van der Waals surface area contributed by atoms with Gasteiger partial charge in [-0.15, -0.1) is 0 Å². The summed E-state index contributed by atoms with van der Waals surface area (Å²) in [6.07, 6.45) is 7.51. The molecule has 4 rings (SSSR count). The van der Waals surface area contributed by atoms with Crippen LogP contribution in [0.5, 0.6) is 0 Å². The lowest BCUT2D eigenvalue weighted by Gasteiger charge is -2.04. The molecule has 0 spiro atoms. The van der Waals surface area contributed by atoms with Crippen molar-refractivity contribution in [2.24, 2.45) is 0 Å². The number of rotatable bonds is 5. The lowest BCUT2D eigenvalue weighted by Crippen LogP contribution is -2.04. The zero-order valence-corrected chi connectivity index (χ0v) is 14.0. The van der Waals surface area contributed by atoms with Gasteiger partial charge in [-0.2, -0.15) is 5.10 Å². The molecule has 0 radical (unpaired) electrons. The number of carbonyl (C=O) groups excluding carboxylic acids is 1. The van der Waals surface area contributed by atoms with Crippen LogP contribution in [0.4, 0.5) is 0 Å². The molecule has 3 aromatic heterocycles. The van der Waals surface area contributed by atoms with E-state index in [1.807, 2.05) is 16.7 Å². The van der Waals surface area contributed by atoms with Crippen LogP contribution < -0.4 is 0 Å². The standard InChI is InChI=1S/C17H17ClN4O2/c1-2-24-17(23)12-7-19-21(8-12)9-13-10-22-15(20-13)6-5-14(16(22)18)11-3-4-11/h5-8,10-11H,2-4,9H2,1H3. The first-order valence-electron chi connectivity index (χ1n) is 8.01. The number of nitrogens with zero attached hydrogens (tertiary/aromatic N) is 4. The molecule has 3 heterocycles. The van der Waals surface area contributed by atoms with Crippen LogP contribution in [0.3, 0.4) is 0 Å². The molecule has 0 atom stereocenters. The Morgan fingerprint density at radius 3 is 2.96 bits per heavy atom. The van der Waals surface area contributed by atoms with Gasteiger partial charge in [0, 0.05) is 12.4 Å². The fourth-order valence-electron chi connectivity index (χ4n) is 2.80. The molecular formula is C17H17ClN4O2. The Hall–Kier alpha value is -2.34. The molecule has 0 amide bonds. The third-order valence-corrected chi connectivity index (χ3v) is 4.53. The van der Waals surface area contributed by atoms with Crippen molar-refractivity contribution in [3.8, 4) is 0 Å². The third-order valence-electron chi connectivity index (χ3n) is 4.13. The highest BCUT2D eigenvalue weighted by atomic mass is 35.5. The molecule has 0 aliphatic heterocycles. The second-order valence-electron chi connectivity index (χ2n) is 5.96. The molecule has 0 unspecified atom stereocenters. The highest BCUT2D eigenvalue weighted by Crippen LogP contribution is 2.43. The van der Waals surface area contributed by atoms with E-state index in [0.29, 0.717) is 24.6 Å². The molecule has 0 bridgehead atoms. The SMILES string of the molecule is CCOC(=O)c1cnn(Cc2cn3c(Cl)c(C4CC4)ccc3n2)c1. The van der Waals surface area contributed by atoms with Crippen LogP contribution in [0.2, 0.25) is 5.15 Å². The summed E-state index contributed by atoms with van der Waals surface area (Å²) >= 11 is 6.51. The lowest BCUT2D eigenvalue weighted by atomic mass is 10.2. The van der Waals surface area contributed by atoms with Crippen LogP contribution in [0.25, 0.3) is 5.65 Å². The van der Waals surface area contributed by atoms with Gasteiger partial charge in [-0.05, 0) is 37.3 Å². The zero-order chi connectivity index (χ0) is 16.7. The number of imidazole rings is 1. The van der Waals surface area contributed by atoms with Gasteiger partial charge in [0.25, 0.3) is 0 Å². The molecule has 1 aliphatic carbocycles. The van der Waals surface area contributed by atoms with Crippen LogP contribution in [-0.4, -0.2) is 31.7 Å². The van der Waals surface area contributed by atoms with Crippen LogP contribution in [0, 0.1) is 0 Å². The summed E-state index contributed by atoms with van der Waals surface area (Å²) in [5, 5.41) is 4.93. The topological polar surface area (TPSA) is 61.4 Å². The van der Waals surface area contributed by atoms with Crippen molar-refractivity contribution in [1.29, 1.82) is 0 Å². The fraction of sp³-hybridized carbons (Fsp3) is 0.353. The maximum Gasteiger partial charge on any atom is 0.341 e. The number of ether oxygens (including phenoxy) is 1. The van der Waals surface area contributed by atoms with Crippen molar-refractivity contribution in [2.75, 3.05) is 6.61 Å². The van der Waals surface area contributed by atoms with Crippen LogP contribution in [0.15, 0.2) is 30.7 Å². The molecule has 0 N–H and O–H groups in total. The number of aromatic nitrogens is 4. The van der Waals surface area contributed by atoms with Crippen molar-refractivity contribution in [1.82, 2.24) is 19.2 Å². The van der Waals surface area contributed by atoms with Crippen molar-refractivity contribution in [3.05, 3.63) is 52.7 Å². The second-order valence-corrected chi connectivity index (χ2v) is 6.32. The van der Waals surface area contributed by atoms with E-state index in [4.69, 9.17) is 16.3 Å². The molecule has 1 aliphatic rings. The highest BCUT2D eigenvalue weighted by molar-refractivity contribution is 6.30. The van der Waals surface area contributed by atoms with Gasteiger partial charge < -0.3 is 4.74 Å². The summed E-state index contributed by atoms with van der Waals surface area (Å²) in [6, 6.07) is 4.06. The smallest absolute Gasteiger partial charge is 0.341 e. The number of hydrogen-bond acceptors (Lipinski definition) is 4. The van der Waals surface area contributed by atoms with Gasteiger partial charge in [-0.1, -0.05) is 17.7 Å². The Bertz CT molecular complexity index is 911. The molecule has 7 heteroatoms. The summed E-state index contributed by atoms with van der Waals surface area (Å²) in [5.74, 6) is 0.224. The molecule has 124 valence electrons. The monoisotopic (exact) mass is 344 g/mol. The average Bonchev–Trinajstić information content (AvgIpc) is 3.14. The van der Waals surface area contributed by atoms with Gasteiger partial charge in [-0.25, -0.2) is 9.78 Å². The number of fused-ring (bicyclic) bond motifs is 1. The Balaban J connectivity index is 1.58. The van der Waals surface area contributed by atoms with E-state index in [0.717, 1.165) is 16.5 Å². The molecular weight excluding hydrogens is 328 g/mol. The molecule has 3 aromatic rings. The van der Waals surface area contributed by atoms with Crippen molar-refractivity contribution in [2.45, 2.75) is 32.2 Å². The van der Waals surface area contributed by atoms with E-state index in [1.165, 1.54) is 24.6 Å². The van der Waals surface area contributed by atoms with E-state index >= 15 is 0 Å². The van der Waals surface area contributed by atoms with E-state index in [1.54, 1.807) is 17.8 Å². The molecule has 24 heavy (non-hydrogen) atoms. The predicted molar refractivity (Wildman–Crippen MR) is 89.5 cm³/mol. The fourth-order valence-corrected chi connectivity index (χ4v) is 3.16. The Morgan fingerprint density at radius 1 is 1.38 bits per heavy atom. The number of halogens is 1. The van der Waals surface area contributed by atoms with Gasteiger partial charge in [0.15, 0.2) is 0 Å². The van der Waals surface area contributed by atoms with Gasteiger partial charge in [0.1, 0.15) is 10.8 Å². The van der Waals surface area contributed by atoms with Crippen LogP contribution in [-0.2, 0) is 11.3 Å². The quantitative estimate of drug-likeness (QED) is 0.526. The lowest BCUT2D eigenvalue weighted by molar-refractivity contribution is 0.0526. The summed E-state index contributed by atoms with van der Waals surface area (Å²) in [5.41, 5.74) is 3.28. The molecule has 6 nitrogen and oxygen atoms in total. The van der Waals surface area contributed by atoms with Crippen molar-refractivity contribution in [3.63, 3.8) is 0 Å². The molecule has 0 aromatic carbocycles. The first-order chi connectivity index (χ1) is 11.7. The van der Waals surface area contributed by atoms with Gasteiger partial charge in [0.05, 0.1) is 30.6 Å². The van der Waals surface area contributed by atoms with Gasteiger partial charge in [0.2, 0.25) is 0 Å². The zero-order valence-electron chi connectivity index (χ0n) is 13.3. The van der Waals surface area contributed by atoms with E-state index < -0.39 is 0 Å². The van der Waals surface area contributed by atoms with E-state index in [-0.39, 0.29) is 5.97 Å². The number of hydrogen-bond donors (Lipinski definition) is 0. The normalized spacial score (nSPS) is 14.2. The number of pyridine rings is 1. The maximum absolute atomic E-state index is 11.7. The number of esters is 1. The Kier molecular flexibility index (Phi) is 3.76. The second kappa shape index (κ2) is 5.94. The van der Waals surface area contributed by atoms with Gasteiger partial charge in [-0.3, -0.25) is 9.08 Å². The predicted octanol–water partition coefficient (Wildman–Crippen LogP) is 3.29. The number of carbonyl (C=O) groups is 1. The summed E-state index contributed by atoms with van der Waals surface area (Å²) in [4.78, 5) is 16.3. The minimum absolute atomic E-state index is 0.346. The summed E-state index contributed by atoms with van der Waals surface area (Å²) in [6.45, 7) is 2.59. The maximum atomic E-state index is 11.7. The Morgan fingerprint density at radius 2 is 2.21 bits per heavy atom. The Labute approximate surface area is 144 Å². The third kappa shape index (κ3) is 2.78. The average molecular weight is 345 g/mol. The van der Waals surface area contributed by atoms with Gasteiger partial charge >= 0.3 is 5.97 Å². The largest absolute Gasteiger partial charge is 0.462 e. The first-order valence-corrected chi connectivity index (χ1v) is 8.39. The van der Waals surface area contributed by atoms with E-state index in [2.05, 4.69) is 16.1 Å². The minimum atomic E-state index is -0.365. The minimum Gasteiger partial charge on any atom is -0.462 e. The first kappa shape index (κ1) is 15.2. The van der Waals surface area contributed by atoms with Crippen molar-refractivity contribution < 1.29 is 9.53 Å². The van der Waals surface area contributed by atoms with Crippen LogP contribution >= 0.6 is 11.6 Å². The van der Waals surface area contributed by atoms with Crippen LogP contribution in [0.1, 0.15) is 47.3 Å².